The van der Waals surface area contributed by atoms with Gasteiger partial charge in [0.05, 0.1) is 8.95 Å². The number of benzene rings is 2. The Balaban J connectivity index is 2.26. The first-order chi connectivity index (χ1) is 10.6. The van der Waals surface area contributed by atoms with Gasteiger partial charge < -0.3 is 9.84 Å². The minimum absolute atomic E-state index is 0.220. The molecule has 0 aliphatic carbocycles. The summed E-state index contributed by atoms with van der Waals surface area (Å²) >= 11 is 10.5. The molecular formula is C18H17Br3O2. The van der Waals surface area contributed by atoms with Crippen LogP contribution in [0.25, 0.3) is 0 Å². The Labute approximate surface area is 161 Å². The van der Waals surface area contributed by atoms with Gasteiger partial charge in [-0.1, -0.05) is 22.9 Å². The van der Waals surface area contributed by atoms with Crippen LogP contribution in [0.3, 0.4) is 0 Å². The Morgan fingerprint density at radius 2 is 1.61 bits per heavy atom. The van der Waals surface area contributed by atoms with Crippen LogP contribution in [-0.2, 0) is 5.41 Å². The van der Waals surface area contributed by atoms with Crippen molar-refractivity contribution in [3.8, 4) is 11.5 Å². The van der Waals surface area contributed by atoms with Gasteiger partial charge >= 0.3 is 0 Å². The molecule has 1 aliphatic heterocycles. The number of halogens is 3. The molecule has 122 valence electrons. The van der Waals surface area contributed by atoms with Crippen molar-refractivity contribution in [1.82, 2.24) is 0 Å². The number of rotatable bonds is 1. The first-order valence-corrected chi connectivity index (χ1v) is 9.68. The van der Waals surface area contributed by atoms with Crippen molar-refractivity contribution in [2.45, 2.75) is 38.2 Å². The molecule has 0 fully saturated rings. The number of hydrogen-bond acceptors (Lipinski definition) is 2. The summed E-state index contributed by atoms with van der Waals surface area (Å²) in [6, 6.07) is 10.1. The number of aromatic hydroxyl groups is 1. The Morgan fingerprint density at radius 1 is 1.00 bits per heavy atom. The van der Waals surface area contributed by atoms with Crippen LogP contribution in [0.5, 0.6) is 11.5 Å². The summed E-state index contributed by atoms with van der Waals surface area (Å²) in [5.41, 5.74) is 1.78. The molecule has 1 aliphatic rings. The van der Waals surface area contributed by atoms with Crippen LogP contribution >= 0.6 is 47.8 Å². The first kappa shape index (κ1) is 17.3. The van der Waals surface area contributed by atoms with Crippen LogP contribution in [0.15, 0.2) is 43.7 Å². The lowest BCUT2D eigenvalue weighted by Gasteiger charge is -2.45. The molecule has 0 saturated heterocycles. The minimum atomic E-state index is -0.271. The Hall–Kier alpha value is -0.520. The highest BCUT2D eigenvalue weighted by Gasteiger charge is 2.43. The summed E-state index contributed by atoms with van der Waals surface area (Å²) in [5, 5.41) is 10.0. The highest BCUT2D eigenvalue weighted by molar-refractivity contribution is 9.11. The monoisotopic (exact) mass is 502 g/mol. The van der Waals surface area contributed by atoms with Gasteiger partial charge in [-0.25, -0.2) is 0 Å². The molecular weight excluding hydrogens is 488 g/mol. The summed E-state index contributed by atoms with van der Waals surface area (Å²) in [5.74, 6) is 1.13. The molecule has 23 heavy (non-hydrogen) atoms. The smallest absolute Gasteiger partial charge is 0.143 e. The summed E-state index contributed by atoms with van der Waals surface area (Å²) in [6.07, 6.45) is 0.840. The van der Waals surface area contributed by atoms with E-state index < -0.39 is 0 Å². The van der Waals surface area contributed by atoms with Crippen LogP contribution in [0, 0.1) is 0 Å². The zero-order chi connectivity index (χ0) is 17.0. The molecule has 0 amide bonds. The molecule has 1 heterocycles. The lowest BCUT2D eigenvalue weighted by molar-refractivity contribution is 0.0582. The third kappa shape index (κ3) is 3.08. The van der Waals surface area contributed by atoms with Gasteiger partial charge in [0, 0.05) is 21.9 Å². The molecule has 2 nitrogen and oxygen atoms in total. The van der Waals surface area contributed by atoms with Crippen LogP contribution in [-0.4, -0.2) is 10.7 Å². The second-order valence-corrected chi connectivity index (χ2v) is 9.42. The third-order valence-corrected chi connectivity index (χ3v) is 6.06. The van der Waals surface area contributed by atoms with Gasteiger partial charge in [0.1, 0.15) is 17.1 Å². The molecule has 2 aromatic carbocycles. The third-order valence-electron chi connectivity index (χ3n) is 4.36. The molecule has 0 radical (unpaired) electrons. The summed E-state index contributed by atoms with van der Waals surface area (Å²) < 4.78 is 8.58. The highest BCUT2D eigenvalue weighted by atomic mass is 79.9. The molecule has 1 N–H and O–H groups in total. The molecule has 1 unspecified atom stereocenters. The lowest BCUT2D eigenvalue weighted by Crippen LogP contribution is -2.43. The van der Waals surface area contributed by atoms with Gasteiger partial charge in [0.25, 0.3) is 0 Å². The maximum atomic E-state index is 10.0. The van der Waals surface area contributed by atoms with Crippen molar-refractivity contribution in [1.29, 1.82) is 0 Å². The van der Waals surface area contributed by atoms with Crippen molar-refractivity contribution in [2.24, 2.45) is 0 Å². The highest BCUT2D eigenvalue weighted by Crippen LogP contribution is 2.51. The van der Waals surface area contributed by atoms with Crippen molar-refractivity contribution in [3.05, 3.63) is 54.9 Å². The molecule has 0 bridgehead atoms. The number of phenolic OH excluding ortho intramolecular Hbond substituents is 1. The first-order valence-electron chi connectivity index (χ1n) is 7.30. The van der Waals surface area contributed by atoms with E-state index in [1.54, 1.807) is 0 Å². The Kier molecular flexibility index (Phi) is 4.35. The van der Waals surface area contributed by atoms with E-state index in [9.17, 15) is 5.11 Å². The van der Waals surface area contributed by atoms with Crippen molar-refractivity contribution in [2.75, 3.05) is 0 Å². The standard InChI is InChI=1S/C18H17Br3O2/c1-17(2)9-18(3,10-6-13(20)16(22)14(21)7-10)12-8-11(19)4-5-15(12)23-17/h4-8,22H,9H2,1-3H3. The second kappa shape index (κ2) is 5.78. The fraction of sp³-hybridized carbons (Fsp3) is 0.333. The molecule has 3 rings (SSSR count). The van der Waals surface area contributed by atoms with Crippen LogP contribution in [0.1, 0.15) is 38.3 Å². The number of phenols is 1. The second-order valence-electron chi connectivity index (χ2n) is 6.80. The van der Waals surface area contributed by atoms with Gasteiger partial charge in [-0.2, -0.15) is 0 Å². The predicted octanol–water partition coefficient (Wildman–Crippen LogP) is 6.55. The molecule has 1 atom stereocenters. The van der Waals surface area contributed by atoms with Crippen molar-refractivity contribution >= 4 is 47.8 Å². The maximum Gasteiger partial charge on any atom is 0.143 e. The van der Waals surface area contributed by atoms with Gasteiger partial charge in [0.15, 0.2) is 0 Å². The average Bonchev–Trinajstić information content (AvgIpc) is 2.44. The molecule has 5 heteroatoms. The Morgan fingerprint density at radius 3 is 2.22 bits per heavy atom. The summed E-state index contributed by atoms with van der Waals surface area (Å²) in [6.45, 7) is 6.45. The lowest BCUT2D eigenvalue weighted by atomic mass is 9.68. The van der Waals surface area contributed by atoms with E-state index >= 15 is 0 Å². The average molecular weight is 505 g/mol. The van der Waals surface area contributed by atoms with Crippen molar-refractivity contribution in [3.63, 3.8) is 0 Å². The largest absolute Gasteiger partial charge is 0.506 e. The molecule has 0 spiro atoms. The van der Waals surface area contributed by atoms with Crippen LogP contribution < -0.4 is 4.74 Å². The topological polar surface area (TPSA) is 29.5 Å². The van der Waals surface area contributed by atoms with Gasteiger partial charge in [0.2, 0.25) is 0 Å². The zero-order valence-electron chi connectivity index (χ0n) is 13.1. The van der Waals surface area contributed by atoms with Gasteiger partial charge in [-0.05, 0) is 81.6 Å². The van der Waals surface area contributed by atoms with E-state index in [1.165, 1.54) is 0 Å². The van der Waals surface area contributed by atoms with Crippen molar-refractivity contribution < 1.29 is 9.84 Å². The number of hydrogen-bond donors (Lipinski definition) is 1. The SMILES string of the molecule is CC1(C)CC(C)(c2cc(Br)c(O)c(Br)c2)c2cc(Br)ccc2O1. The van der Waals surface area contributed by atoms with Crippen LogP contribution in [0.4, 0.5) is 0 Å². The maximum absolute atomic E-state index is 10.0. The summed E-state index contributed by atoms with van der Waals surface area (Å²) in [7, 11) is 0. The van der Waals surface area contributed by atoms with Crippen LogP contribution in [0.2, 0.25) is 0 Å². The molecule has 2 aromatic rings. The normalized spacial score (nSPS) is 22.3. The fourth-order valence-corrected chi connectivity index (χ4v) is 4.99. The fourth-order valence-electron chi connectivity index (χ4n) is 3.44. The predicted molar refractivity (Wildman–Crippen MR) is 103 cm³/mol. The van der Waals surface area contributed by atoms with Gasteiger partial charge in [-0.15, -0.1) is 0 Å². The van der Waals surface area contributed by atoms with E-state index in [1.807, 2.05) is 24.3 Å². The van der Waals surface area contributed by atoms with E-state index in [0.717, 1.165) is 27.8 Å². The molecule has 0 aromatic heterocycles. The summed E-state index contributed by atoms with van der Waals surface area (Å²) in [4.78, 5) is 0. The zero-order valence-corrected chi connectivity index (χ0v) is 17.8. The van der Waals surface area contributed by atoms with E-state index in [-0.39, 0.29) is 16.8 Å². The van der Waals surface area contributed by atoms with E-state index in [2.05, 4.69) is 74.6 Å². The van der Waals surface area contributed by atoms with E-state index in [4.69, 9.17) is 4.74 Å². The Bertz CT molecular complexity index is 763. The van der Waals surface area contributed by atoms with E-state index in [0.29, 0.717) is 8.95 Å². The minimum Gasteiger partial charge on any atom is -0.506 e. The molecule has 0 saturated carbocycles. The van der Waals surface area contributed by atoms with Gasteiger partial charge in [-0.3, -0.25) is 0 Å². The number of ether oxygens (including phenoxy) is 1. The number of fused-ring (bicyclic) bond motifs is 1. The quantitative estimate of drug-likeness (QED) is 0.477.